The molecule has 21 heavy (non-hydrogen) atoms. The fourth-order valence-electron chi connectivity index (χ4n) is 2.31. The van der Waals surface area contributed by atoms with Crippen molar-refractivity contribution in [1.82, 2.24) is 14.8 Å². The zero-order chi connectivity index (χ0) is 14.5. The molecule has 1 aromatic carbocycles. The van der Waals surface area contributed by atoms with Gasteiger partial charge in [-0.05, 0) is 25.1 Å². The van der Waals surface area contributed by atoms with Crippen LogP contribution in [0.4, 0.5) is 0 Å². The molecular weight excluding hydrogens is 278 g/mol. The average molecular weight is 297 g/mol. The summed E-state index contributed by atoms with van der Waals surface area (Å²) in [6.07, 6.45) is 1.97. The Kier molecular flexibility index (Phi) is 4.66. The molecule has 0 atom stereocenters. The highest BCUT2D eigenvalue weighted by atomic mass is 32.1. The van der Waals surface area contributed by atoms with Gasteiger partial charge in [0.25, 0.3) is 0 Å². The minimum absolute atomic E-state index is 0.906. The molecule has 108 valence electrons. The van der Waals surface area contributed by atoms with Gasteiger partial charge in [-0.15, -0.1) is 11.3 Å². The Morgan fingerprint density at radius 3 is 2.62 bits per heavy atom. The van der Waals surface area contributed by atoms with E-state index in [1.165, 1.54) is 4.88 Å². The molecular formula is C17H19N3S. The van der Waals surface area contributed by atoms with Crippen LogP contribution >= 0.6 is 11.3 Å². The Balaban J connectivity index is 1.60. The summed E-state index contributed by atoms with van der Waals surface area (Å²) in [7, 11) is 2.18. The van der Waals surface area contributed by atoms with Crippen LogP contribution < -0.4 is 0 Å². The van der Waals surface area contributed by atoms with Crippen LogP contribution in [0.5, 0.6) is 0 Å². The molecule has 1 fully saturated rings. The first kappa shape index (κ1) is 14.3. The van der Waals surface area contributed by atoms with E-state index in [1.54, 1.807) is 11.3 Å². The van der Waals surface area contributed by atoms with E-state index in [4.69, 9.17) is 0 Å². The fraction of sp³-hybridized carbons (Fsp3) is 0.353. The van der Waals surface area contributed by atoms with Crippen molar-refractivity contribution < 1.29 is 0 Å². The Morgan fingerprint density at radius 2 is 1.86 bits per heavy atom. The first-order valence-electron chi connectivity index (χ1n) is 7.22. The molecule has 1 aliphatic heterocycles. The third kappa shape index (κ3) is 4.15. The molecule has 0 bridgehead atoms. The molecule has 1 aliphatic rings. The molecule has 2 heterocycles. The van der Waals surface area contributed by atoms with Crippen molar-refractivity contribution in [2.45, 2.75) is 6.54 Å². The van der Waals surface area contributed by atoms with Gasteiger partial charge in [-0.25, -0.2) is 4.98 Å². The number of likely N-dealkylation sites (N-methyl/N-ethyl adjacent to an activating group) is 1. The van der Waals surface area contributed by atoms with Crippen LogP contribution in [-0.2, 0) is 6.54 Å². The van der Waals surface area contributed by atoms with E-state index in [0.29, 0.717) is 0 Å². The van der Waals surface area contributed by atoms with Crippen molar-refractivity contribution in [1.29, 1.82) is 0 Å². The smallest absolute Gasteiger partial charge is 0.167 e. The standard InChI is InChI=1S/C17H19N3S/c1-19-9-11-20(12-10-19)14-16-13-18-17(21-16)8-7-15-5-3-2-4-6-15/h2-6,13H,9-12,14H2,1H3. The van der Waals surface area contributed by atoms with E-state index in [-0.39, 0.29) is 0 Å². The first-order valence-corrected chi connectivity index (χ1v) is 8.04. The van der Waals surface area contributed by atoms with Gasteiger partial charge in [0.2, 0.25) is 0 Å². The summed E-state index contributed by atoms with van der Waals surface area (Å²) in [5.41, 5.74) is 1.04. The van der Waals surface area contributed by atoms with Crippen LogP contribution in [0.2, 0.25) is 0 Å². The van der Waals surface area contributed by atoms with Gasteiger partial charge in [0.1, 0.15) is 0 Å². The van der Waals surface area contributed by atoms with Gasteiger partial charge in [-0.3, -0.25) is 4.90 Å². The molecule has 0 amide bonds. The Morgan fingerprint density at radius 1 is 1.10 bits per heavy atom. The SMILES string of the molecule is CN1CCN(Cc2cnc(C#Cc3ccccc3)s2)CC1. The summed E-state index contributed by atoms with van der Waals surface area (Å²) in [5.74, 6) is 6.32. The molecule has 1 saturated heterocycles. The van der Waals surface area contributed by atoms with Crippen molar-refractivity contribution in [3.8, 4) is 11.8 Å². The van der Waals surface area contributed by atoms with E-state index >= 15 is 0 Å². The van der Waals surface area contributed by atoms with Crippen molar-refractivity contribution in [2.24, 2.45) is 0 Å². The lowest BCUT2D eigenvalue weighted by Gasteiger charge is -2.31. The second-order valence-corrected chi connectivity index (χ2v) is 6.44. The van der Waals surface area contributed by atoms with Gasteiger partial charge in [0.05, 0.1) is 0 Å². The number of hydrogen-bond acceptors (Lipinski definition) is 4. The van der Waals surface area contributed by atoms with Gasteiger partial charge >= 0.3 is 0 Å². The van der Waals surface area contributed by atoms with Gasteiger partial charge in [-0.2, -0.15) is 0 Å². The van der Waals surface area contributed by atoms with E-state index in [2.05, 4.69) is 33.7 Å². The largest absolute Gasteiger partial charge is 0.304 e. The normalized spacial score (nSPS) is 16.4. The first-order chi connectivity index (χ1) is 10.3. The highest BCUT2D eigenvalue weighted by Crippen LogP contribution is 2.15. The van der Waals surface area contributed by atoms with Crippen LogP contribution in [0.3, 0.4) is 0 Å². The van der Waals surface area contributed by atoms with Crippen molar-refractivity contribution >= 4 is 11.3 Å². The molecule has 0 spiro atoms. The molecule has 0 saturated carbocycles. The third-order valence-electron chi connectivity index (χ3n) is 3.62. The van der Waals surface area contributed by atoms with E-state index in [0.717, 1.165) is 43.3 Å². The summed E-state index contributed by atoms with van der Waals surface area (Å²) in [6.45, 7) is 5.58. The maximum atomic E-state index is 4.42. The highest BCUT2D eigenvalue weighted by molar-refractivity contribution is 7.12. The number of hydrogen-bond donors (Lipinski definition) is 0. The zero-order valence-corrected chi connectivity index (χ0v) is 13.1. The highest BCUT2D eigenvalue weighted by Gasteiger charge is 2.14. The predicted molar refractivity (Wildman–Crippen MR) is 87.3 cm³/mol. The average Bonchev–Trinajstić information content (AvgIpc) is 2.96. The summed E-state index contributed by atoms with van der Waals surface area (Å²) in [5, 5.41) is 0.906. The van der Waals surface area contributed by atoms with Crippen LogP contribution in [0, 0.1) is 11.8 Å². The lowest BCUT2D eigenvalue weighted by atomic mass is 10.2. The lowest BCUT2D eigenvalue weighted by molar-refractivity contribution is 0.149. The maximum absolute atomic E-state index is 4.42. The Bertz CT molecular complexity index is 631. The molecule has 0 radical (unpaired) electrons. The quantitative estimate of drug-likeness (QED) is 0.793. The minimum Gasteiger partial charge on any atom is -0.304 e. The molecule has 1 aromatic heterocycles. The fourth-order valence-corrected chi connectivity index (χ4v) is 3.12. The molecule has 0 aliphatic carbocycles. The Hall–Kier alpha value is -1.67. The maximum Gasteiger partial charge on any atom is 0.167 e. The summed E-state index contributed by atoms with van der Waals surface area (Å²) >= 11 is 1.71. The van der Waals surface area contributed by atoms with E-state index in [9.17, 15) is 0 Å². The van der Waals surface area contributed by atoms with Crippen LogP contribution in [0.1, 0.15) is 15.4 Å². The number of benzene rings is 1. The Labute approximate surface area is 130 Å². The van der Waals surface area contributed by atoms with Crippen molar-refractivity contribution in [3.63, 3.8) is 0 Å². The van der Waals surface area contributed by atoms with Crippen LogP contribution in [0.15, 0.2) is 36.5 Å². The van der Waals surface area contributed by atoms with Crippen LogP contribution in [-0.4, -0.2) is 48.0 Å². The molecule has 2 aromatic rings. The van der Waals surface area contributed by atoms with Gasteiger partial charge in [-0.1, -0.05) is 24.1 Å². The number of thiazole rings is 1. The summed E-state index contributed by atoms with van der Waals surface area (Å²) < 4.78 is 0. The van der Waals surface area contributed by atoms with Gasteiger partial charge in [0.15, 0.2) is 5.01 Å². The summed E-state index contributed by atoms with van der Waals surface area (Å²) in [6, 6.07) is 10.1. The topological polar surface area (TPSA) is 19.4 Å². The van der Waals surface area contributed by atoms with Crippen LogP contribution in [0.25, 0.3) is 0 Å². The molecule has 3 nitrogen and oxygen atoms in total. The van der Waals surface area contributed by atoms with Crippen molar-refractivity contribution in [3.05, 3.63) is 52.0 Å². The summed E-state index contributed by atoms with van der Waals surface area (Å²) in [4.78, 5) is 10.6. The van der Waals surface area contributed by atoms with Gasteiger partial charge < -0.3 is 4.90 Å². The molecule has 0 N–H and O–H groups in total. The third-order valence-corrected chi connectivity index (χ3v) is 4.51. The minimum atomic E-state index is 0.906. The van der Waals surface area contributed by atoms with E-state index < -0.39 is 0 Å². The zero-order valence-electron chi connectivity index (χ0n) is 12.2. The number of nitrogens with zero attached hydrogens (tertiary/aromatic N) is 3. The second-order valence-electron chi connectivity index (χ2n) is 5.33. The second kappa shape index (κ2) is 6.86. The molecule has 0 unspecified atom stereocenters. The number of piperazine rings is 1. The number of aromatic nitrogens is 1. The molecule has 4 heteroatoms. The predicted octanol–water partition coefficient (Wildman–Crippen LogP) is 2.29. The molecule has 3 rings (SSSR count). The van der Waals surface area contributed by atoms with Crippen molar-refractivity contribution in [2.75, 3.05) is 33.2 Å². The monoisotopic (exact) mass is 297 g/mol. The van der Waals surface area contributed by atoms with E-state index in [1.807, 2.05) is 36.5 Å². The van der Waals surface area contributed by atoms with Gasteiger partial charge in [0, 0.05) is 49.4 Å². The lowest BCUT2D eigenvalue weighted by Crippen LogP contribution is -2.43. The number of rotatable bonds is 2.